The van der Waals surface area contributed by atoms with Gasteiger partial charge in [0.1, 0.15) is 11.3 Å². The molecule has 1 aromatic heterocycles. The Hall–Kier alpha value is -0.0900. The van der Waals surface area contributed by atoms with E-state index in [1.807, 2.05) is 0 Å². The summed E-state index contributed by atoms with van der Waals surface area (Å²) in [6.45, 7) is 0. The van der Waals surface area contributed by atoms with Gasteiger partial charge in [0.25, 0.3) is 0 Å². The van der Waals surface area contributed by atoms with Crippen molar-refractivity contribution in [3.63, 3.8) is 0 Å². The second-order valence-electron chi connectivity index (χ2n) is 2.47. The van der Waals surface area contributed by atoms with Gasteiger partial charge in [-0.3, -0.25) is 4.98 Å². The molecule has 0 atom stereocenters. The van der Waals surface area contributed by atoms with Crippen molar-refractivity contribution in [1.82, 2.24) is 4.98 Å². The zero-order chi connectivity index (χ0) is 8.55. The average molecular weight is 203 g/mol. The maximum atomic E-state index is 13.1. The number of pyridine rings is 1. The zero-order valence-electron chi connectivity index (χ0n) is 6.16. The van der Waals surface area contributed by atoms with Crippen molar-refractivity contribution in [2.24, 2.45) is 0 Å². The van der Waals surface area contributed by atoms with E-state index >= 15 is 0 Å². The van der Waals surface area contributed by atoms with Crippen molar-refractivity contribution in [2.45, 2.75) is 4.90 Å². The molecule has 2 aromatic rings. The second-order valence-corrected chi connectivity index (χ2v) is 2.95. The summed E-state index contributed by atoms with van der Waals surface area (Å²) in [5, 5.41) is 0.751. The Kier molecular flexibility index (Phi) is 3.74. The summed E-state index contributed by atoms with van der Waals surface area (Å²) in [5.74, 6) is -0.302. The van der Waals surface area contributed by atoms with Gasteiger partial charge in [-0.2, -0.15) is 0 Å². The third-order valence-corrected chi connectivity index (χ3v) is 2.09. The third kappa shape index (κ3) is 2.05. The van der Waals surface area contributed by atoms with Gasteiger partial charge in [0.2, 0.25) is 0 Å². The first-order valence-electron chi connectivity index (χ1n) is 3.51. The number of rotatable bonds is 0. The molecule has 0 spiro atoms. The summed E-state index contributed by atoms with van der Waals surface area (Å²) in [7, 11) is 0. The summed E-state index contributed by atoms with van der Waals surface area (Å²) in [6.07, 6.45) is 1.55. The molecule has 0 aliphatic heterocycles. The van der Waals surface area contributed by atoms with Gasteiger partial charge in [-0.05, 0) is 12.1 Å². The van der Waals surface area contributed by atoms with Crippen LogP contribution in [0.2, 0.25) is 0 Å². The first-order chi connectivity index (χ1) is 5.79. The standard InChI is InChI=1S/C9H6FNS.Na.H/c10-7-3-1-2-6-8(12)4-5-11-9(6)7;;/h1-5H,(H,11,12);;. The van der Waals surface area contributed by atoms with Gasteiger partial charge < -0.3 is 0 Å². The van der Waals surface area contributed by atoms with E-state index < -0.39 is 0 Å². The molecule has 0 aliphatic rings. The fraction of sp³-hybridized carbons (Fsp3) is 0. The molecule has 2 rings (SSSR count). The number of aromatic nitrogens is 1. The molecule has 1 nitrogen and oxygen atoms in total. The molecular weight excluding hydrogens is 196 g/mol. The summed E-state index contributed by atoms with van der Waals surface area (Å²) >= 11 is 4.19. The summed E-state index contributed by atoms with van der Waals surface area (Å²) in [4.78, 5) is 4.67. The van der Waals surface area contributed by atoms with E-state index in [0.717, 1.165) is 10.3 Å². The first kappa shape index (κ1) is 11.0. The van der Waals surface area contributed by atoms with Gasteiger partial charge in [0, 0.05) is 16.5 Å². The van der Waals surface area contributed by atoms with Crippen molar-refractivity contribution >= 4 is 53.1 Å². The van der Waals surface area contributed by atoms with E-state index in [1.54, 1.807) is 24.4 Å². The van der Waals surface area contributed by atoms with Crippen LogP contribution in [0.4, 0.5) is 4.39 Å². The topological polar surface area (TPSA) is 12.9 Å². The number of hydrogen-bond donors (Lipinski definition) is 1. The molecule has 62 valence electrons. The summed E-state index contributed by atoms with van der Waals surface area (Å²) in [6, 6.07) is 6.58. The van der Waals surface area contributed by atoms with Crippen molar-refractivity contribution < 1.29 is 4.39 Å². The Morgan fingerprint density at radius 2 is 2.00 bits per heavy atom. The van der Waals surface area contributed by atoms with Crippen LogP contribution in [0.3, 0.4) is 0 Å². The summed E-state index contributed by atoms with van der Waals surface area (Å²) in [5.41, 5.74) is 0.380. The molecular formula is C9H7FNNaS. The van der Waals surface area contributed by atoms with E-state index in [4.69, 9.17) is 0 Å². The van der Waals surface area contributed by atoms with Gasteiger partial charge in [-0.1, -0.05) is 12.1 Å². The number of nitrogens with zero attached hydrogens (tertiary/aromatic N) is 1. The fourth-order valence-corrected chi connectivity index (χ4v) is 1.37. The van der Waals surface area contributed by atoms with E-state index in [-0.39, 0.29) is 35.4 Å². The Bertz CT molecular complexity index is 392. The van der Waals surface area contributed by atoms with Crippen LogP contribution in [-0.2, 0) is 0 Å². The number of thiol groups is 1. The molecule has 13 heavy (non-hydrogen) atoms. The maximum absolute atomic E-state index is 13.1. The Balaban J connectivity index is 0.000000845. The number of fused-ring (bicyclic) bond motifs is 1. The Morgan fingerprint density at radius 3 is 2.69 bits per heavy atom. The first-order valence-corrected chi connectivity index (χ1v) is 3.96. The van der Waals surface area contributed by atoms with Crippen LogP contribution in [0, 0.1) is 5.82 Å². The number of hydrogen-bond acceptors (Lipinski definition) is 2. The van der Waals surface area contributed by atoms with Crippen molar-refractivity contribution in [2.75, 3.05) is 0 Å². The SMILES string of the molecule is Fc1cccc2c(S)ccnc12.[NaH]. The van der Waals surface area contributed by atoms with Gasteiger partial charge in [0.05, 0.1) is 0 Å². The molecule has 0 radical (unpaired) electrons. The molecule has 0 bridgehead atoms. The third-order valence-electron chi connectivity index (χ3n) is 1.70. The molecule has 0 saturated carbocycles. The van der Waals surface area contributed by atoms with E-state index in [9.17, 15) is 4.39 Å². The van der Waals surface area contributed by atoms with E-state index in [2.05, 4.69) is 17.6 Å². The predicted molar refractivity (Wildman–Crippen MR) is 56.1 cm³/mol. The molecule has 1 heterocycles. The second kappa shape index (κ2) is 4.42. The van der Waals surface area contributed by atoms with Gasteiger partial charge in [-0.15, -0.1) is 12.6 Å². The van der Waals surface area contributed by atoms with Crippen LogP contribution >= 0.6 is 12.6 Å². The van der Waals surface area contributed by atoms with Crippen LogP contribution in [0.1, 0.15) is 0 Å². The van der Waals surface area contributed by atoms with Crippen LogP contribution < -0.4 is 0 Å². The van der Waals surface area contributed by atoms with Crippen molar-refractivity contribution in [3.8, 4) is 0 Å². The normalized spacial score (nSPS) is 9.69. The quantitative estimate of drug-likeness (QED) is 0.510. The Morgan fingerprint density at radius 1 is 1.23 bits per heavy atom. The Labute approximate surface area is 103 Å². The fourth-order valence-electron chi connectivity index (χ4n) is 1.13. The molecule has 0 aliphatic carbocycles. The molecule has 4 heteroatoms. The van der Waals surface area contributed by atoms with Gasteiger partial charge in [0.15, 0.2) is 0 Å². The van der Waals surface area contributed by atoms with Crippen molar-refractivity contribution in [1.29, 1.82) is 0 Å². The molecule has 0 N–H and O–H groups in total. The van der Waals surface area contributed by atoms with Gasteiger partial charge >= 0.3 is 29.6 Å². The molecule has 0 unspecified atom stereocenters. The minimum absolute atomic E-state index is 0. The molecule has 1 aromatic carbocycles. The molecule has 0 amide bonds. The predicted octanol–water partition coefficient (Wildman–Crippen LogP) is 2.01. The van der Waals surface area contributed by atoms with Gasteiger partial charge in [-0.25, -0.2) is 4.39 Å². The number of halogens is 1. The molecule has 0 saturated heterocycles. The zero-order valence-corrected chi connectivity index (χ0v) is 7.05. The van der Waals surface area contributed by atoms with E-state index in [0.29, 0.717) is 5.52 Å². The van der Waals surface area contributed by atoms with Crippen molar-refractivity contribution in [3.05, 3.63) is 36.3 Å². The summed E-state index contributed by atoms with van der Waals surface area (Å²) < 4.78 is 13.1. The minimum atomic E-state index is -0.302. The number of benzene rings is 1. The van der Waals surface area contributed by atoms with Crippen LogP contribution in [-0.4, -0.2) is 34.5 Å². The van der Waals surface area contributed by atoms with E-state index in [1.165, 1.54) is 6.07 Å². The van der Waals surface area contributed by atoms with Crippen LogP contribution in [0.5, 0.6) is 0 Å². The average Bonchev–Trinajstić information content (AvgIpc) is 2.07. The molecule has 0 fully saturated rings. The monoisotopic (exact) mass is 203 g/mol. The van der Waals surface area contributed by atoms with Crippen LogP contribution in [0.25, 0.3) is 10.9 Å². The number of para-hydroxylation sites is 1. The van der Waals surface area contributed by atoms with Crippen LogP contribution in [0.15, 0.2) is 35.4 Å².